The van der Waals surface area contributed by atoms with Crippen LogP contribution < -0.4 is 4.90 Å². The van der Waals surface area contributed by atoms with Crippen LogP contribution in [0.3, 0.4) is 0 Å². The maximum absolute atomic E-state index is 13.9. The van der Waals surface area contributed by atoms with Crippen LogP contribution in [0.5, 0.6) is 0 Å². The maximum atomic E-state index is 13.9. The lowest BCUT2D eigenvalue weighted by Gasteiger charge is -2.57. The highest BCUT2D eigenvalue weighted by Crippen LogP contribution is 2.44. The standard InChI is InChI=1S/C33H31N7O2/c1-20(39-15-33(16-39)17-42-18-33)23-6-7-24-14-40(32(41)27(24)10-23)30-12-25(11-29(36-30)22-4-5-22)26-8-3-21(13-34)9-28(26)31-37-35-19-38(31)2/h3,6-12,19-20,22H,4-5,14-18H2,1-2H3/t20-/m0/s1. The third-order valence-corrected chi connectivity index (χ3v) is 9.38. The van der Waals surface area contributed by atoms with Crippen molar-refractivity contribution in [2.45, 2.75) is 38.3 Å². The van der Waals surface area contributed by atoms with Crippen LogP contribution in [0, 0.1) is 16.7 Å². The second-order valence-electron chi connectivity index (χ2n) is 12.4. The topological polar surface area (TPSA) is 100 Å². The van der Waals surface area contributed by atoms with Gasteiger partial charge in [0, 0.05) is 54.3 Å². The molecule has 210 valence electrons. The van der Waals surface area contributed by atoms with E-state index >= 15 is 0 Å². The van der Waals surface area contributed by atoms with Crippen LogP contribution in [0.25, 0.3) is 22.5 Å². The molecule has 9 heteroatoms. The number of hydrogen-bond acceptors (Lipinski definition) is 7. The summed E-state index contributed by atoms with van der Waals surface area (Å²) in [7, 11) is 1.89. The molecule has 5 heterocycles. The Labute approximate surface area is 244 Å². The van der Waals surface area contributed by atoms with Crippen molar-refractivity contribution in [3.05, 3.63) is 82.8 Å². The number of hydrogen-bond donors (Lipinski definition) is 0. The number of aryl methyl sites for hydroxylation is 1. The van der Waals surface area contributed by atoms with Crippen molar-refractivity contribution in [1.29, 1.82) is 5.26 Å². The zero-order chi connectivity index (χ0) is 28.6. The van der Waals surface area contributed by atoms with Crippen molar-refractivity contribution in [1.82, 2.24) is 24.6 Å². The number of carbonyl (C=O) groups excluding carboxylic acids is 1. The van der Waals surface area contributed by atoms with Gasteiger partial charge in [0.2, 0.25) is 0 Å². The number of benzene rings is 2. The number of ether oxygens (including phenoxy) is 1. The van der Waals surface area contributed by atoms with Gasteiger partial charge in [0.15, 0.2) is 5.82 Å². The molecule has 1 amide bonds. The van der Waals surface area contributed by atoms with E-state index in [1.54, 1.807) is 6.33 Å². The number of likely N-dealkylation sites (tertiary alicyclic amines) is 1. The zero-order valence-electron chi connectivity index (χ0n) is 23.7. The third kappa shape index (κ3) is 4.05. The number of pyridine rings is 1. The minimum Gasteiger partial charge on any atom is -0.380 e. The first-order chi connectivity index (χ1) is 20.4. The number of anilines is 1. The molecule has 1 spiro atoms. The molecule has 0 radical (unpaired) electrons. The van der Waals surface area contributed by atoms with Crippen LogP contribution in [0.4, 0.5) is 5.82 Å². The lowest BCUT2D eigenvalue weighted by Crippen LogP contribution is -2.66. The van der Waals surface area contributed by atoms with Crippen molar-refractivity contribution >= 4 is 11.7 Å². The fraction of sp³-hybridized carbons (Fsp3) is 0.364. The molecule has 4 aromatic rings. The smallest absolute Gasteiger partial charge is 0.260 e. The van der Waals surface area contributed by atoms with E-state index in [1.165, 1.54) is 5.56 Å². The van der Waals surface area contributed by atoms with E-state index in [-0.39, 0.29) is 11.9 Å². The number of carbonyl (C=O) groups is 1. The number of amides is 1. The van der Waals surface area contributed by atoms with Crippen LogP contribution in [0.1, 0.15) is 64.5 Å². The minimum atomic E-state index is -0.00808. The molecule has 0 N–H and O–H groups in total. The molecule has 8 rings (SSSR count). The van der Waals surface area contributed by atoms with Gasteiger partial charge >= 0.3 is 0 Å². The molecule has 1 atom stereocenters. The van der Waals surface area contributed by atoms with Gasteiger partial charge < -0.3 is 9.30 Å². The fourth-order valence-corrected chi connectivity index (χ4v) is 6.63. The monoisotopic (exact) mass is 557 g/mol. The van der Waals surface area contributed by atoms with E-state index in [2.05, 4.69) is 52.4 Å². The van der Waals surface area contributed by atoms with Crippen molar-refractivity contribution < 1.29 is 9.53 Å². The molecule has 42 heavy (non-hydrogen) atoms. The lowest BCUT2D eigenvalue weighted by molar-refractivity contribution is -0.197. The number of rotatable bonds is 6. The first kappa shape index (κ1) is 25.3. The number of fused-ring (bicyclic) bond motifs is 1. The minimum absolute atomic E-state index is 0.00808. The summed E-state index contributed by atoms with van der Waals surface area (Å²) in [5.74, 6) is 1.73. The molecule has 0 unspecified atom stereocenters. The Morgan fingerprint density at radius 2 is 1.88 bits per heavy atom. The molecular weight excluding hydrogens is 526 g/mol. The lowest BCUT2D eigenvalue weighted by atomic mass is 9.76. The van der Waals surface area contributed by atoms with Crippen LogP contribution in [0.2, 0.25) is 0 Å². The van der Waals surface area contributed by atoms with E-state index in [9.17, 15) is 10.1 Å². The van der Waals surface area contributed by atoms with Gasteiger partial charge in [-0.3, -0.25) is 14.6 Å². The van der Waals surface area contributed by atoms with Crippen molar-refractivity contribution in [2.24, 2.45) is 12.5 Å². The molecule has 2 aromatic heterocycles. The Bertz CT molecular complexity index is 1790. The van der Waals surface area contributed by atoms with Crippen molar-refractivity contribution in [3.8, 4) is 28.6 Å². The highest BCUT2D eigenvalue weighted by molar-refractivity contribution is 6.10. The molecule has 4 aliphatic rings. The van der Waals surface area contributed by atoms with Gasteiger partial charge in [-0.05, 0) is 72.4 Å². The zero-order valence-corrected chi connectivity index (χ0v) is 23.7. The molecule has 3 aliphatic heterocycles. The Kier molecular flexibility index (Phi) is 5.62. The SMILES string of the molecule is C[C@@H](c1ccc2c(c1)C(=O)N(c1cc(-c3ccc(C#N)cc3-c3nncn3C)cc(C3CC3)n1)C2)N1CC2(COC2)C1. The Hall–Kier alpha value is -4.39. The molecular formula is C33H31N7O2. The molecule has 1 saturated carbocycles. The van der Waals surface area contributed by atoms with E-state index in [0.29, 0.717) is 35.1 Å². The first-order valence-corrected chi connectivity index (χ1v) is 14.6. The summed E-state index contributed by atoms with van der Waals surface area (Å²) in [6.07, 6.45) is 3.85. The molecule has 2 aromatic carbocycles. The van der Waals surface area contributed by atoms with Gasteiger partial charge in [-0.2, -0.15) is 5.26 Å². The Morgan fingerprint density at radius 3 is 2.57 bits per heavy atom. The predicted molar refractivity (Wildman–Crippen MR) is 157 cm³/mol. The summed E-state index contributed by atoms with van der Waals surface area (Å²) in [6, 6.07) is 18.6. The van der Waals surface area contributed by atoms with Gasteiger partial charge in [-0.25, -0.2) is 4.98 Å². The number of nitrogens with zero attached hydrogens (tertiary/aromatic N) is 7. The third-order valence-electron chi connectivity index (χ3n) is 9.38. The largest absolute Gasteiger partial charge is 0.380 e. The van der Waals surface area contributed by atoms with Gasteiger partial charge in [-0.15, -0.1) is 10.2 Å². The number of aromatic nitrogens is 4. The molecule has 2 saturated heterocycles. The van der Waals surface area contributed by atoms with Crippen LogP contribution in [0.15, 0.2) is 54.9 Å². The second kappa shape index (κ2) is 9.31. The summed E-state index contributed by atoms with van der Waals surface area (Å²) < 4.78 is 7.29. The first-order valence-electron chi connectivity index (χ1n) is 14.6. The average molecular weight is 558 g/mol. The summed E-state index contributed by atoms with van der Waals surface area (Å²) >= 11 is 0. The van der Waals surface area contributed by atoms with Gasteiger partial charge in [0.25, 0.3) is 5.91 Å². The average Bonchev–Trinajstić information content (AvgIpc) is 3.65. The van der Waals surface area contributed by atoms with Gasteiger partial charge in [-0.1, -0.05) is 18.2 Å². The molecule has 3 fully saturated rings. The van der Waals surface area contributed by atoms with E-state index < -0.39 is 0 Å². The quantitative estimate of drug-likeness (QED) is 0.334. The van der Waals surface area contributed by atoms with Crippen LogP contribution >= 0.6 is 0 Å². The normalized spacial score (nSPS) is 19.7. The summed E-state index contributed by atoms with van der Waals surface area (Å²) in [5.41, 5.74) is 7.58. The molecule has 9 nitrogen and oxygen atoms in total. The number of nitriles is 1. The summed E-state index contributed by atoms with van der Waals surface area (Å²) in [4.78, 5) is 23.2. The van der Waals surface area contributed by atoms with Crippen LogP contribution in [-0.4, -0.2) is 56.9 Å². The highest BCUT2D eigenvalue weighted by Gasteiger charge is 2.50. The Balaban J connectivity index is 1.14. The van der Waals surface area contributed by atoms with Gasteiger partial charge in [0.1, 0.15) is 12.1 Å². The summed E-state index contributed by atoms with van der Waals surface area (Å²) in [6.45, 7) is 6.56. The van der Waals surface area contributed by atoms with Crippen molar-refractivity contribution in [2.75, 3.05) is 31.2 Å². The highest BCUT2D eigenvalue weighted by atomic mass is 16.5. The van der Waals surface area contributed by atoms with E-state index in [1.807, 2.05) is 40.8 Å². The predicted octanol–water partition coefficient (Wildman–Crippen LogP) is 4.85. The van der Waals surface area contributed by atoms with E-state index in [0.717, 1.165) is 72.7 Å². The van der Waals surface area contributed by atoms with Crippen LogP contribution in [-0.2, 0) is 18.3 Å². The second-order valence-corrected chi connectivity index (χ2v) is 12.4. The maximum Gasteiger partial charge on any atom is 0.260 e. The summed E-state index contributed by atoms with van der Waals surface area (Å²) in [5, 5.41) is 18.0. The van der Waals surface area contributed by atoms with E-state index in [4.69, 9.17) is 9.72 Å². The molecule has 1 aliphatic carbocycles. The fourth-order valence-electron chi connectivity index (χ4n) is 6.63. The van der Waals surface area contributed by atoms with Crippen molar-refractivity contribution in [3.63, 3.8) is 0 Å². The Morgan fingerprint density at radius 1 is 1.05 bits per heavy atom. The molecule has 0 bridgehead atoms. The van der Waals surface area contributed by atoms with Gasteiger partial charge in [0.05, 0.1) is 31.4 Å².